The number of rotatable bonds is 2. The van der Waals surface area contributed by atoms with E-state index in [1.54, 1.807) is 6.92 Å². The van der Waals surface area contributed by atoms with Crippen LogP contribution in [-0.4, -0.2) is 38.6 Å². The minimum atomic E-state index is -0.816. The van der Waals surface area contributed by atoms with Crippen molar-refractivity contribution in [3.63, 3.8) is 0 Å². The summed E-state index contributed by atoms with van der Waals surface area (Å²) in [6, 6.07) is 0. The number of halogens is 1. The SMILES string of the molecule is Cc1cn([C@H]2C[C@H](O)[C@@H](CO)O2)c(=O)[nH]c1=O.Cl. The van der Waals surface area contributed by atoms with Gasteiger partial charge in [-0.3, -0.25) is 14.3 Å². The Labute approximate surface area is 108 Å². The number of nitrogens with zero attached hydrogens (tertiary/aromatic N) is 1. The lowest BCUT2D eigenvalue weighted by Gasteiger charge is -2.14. The maximum atomic E-state index is 11.6. The first-order valence-electron chi connectivity index (χ1n) is 5.29. The molecular weight excluding hydrogens is 264 g/mol. The fraction of sp³-hybridized carbons (Fsp3) is 0.600. The highest BCUT2D eigenvalue weighted by molar-refractivity contribution is 5.85. The predicted octanol–water partition coefficient (Wildman–Crippen LogP) is -1.09. The second kappa shape index (κ2) is 5.66. The number of ether oxygens (including phenoxy) is 1. The van der Waals surface area contributed by atoms with E-state index in [0.29, 0.717) is 5.56 Å². The van der Waals surface area contributed by atoms with Gasteiger partial charge < -0.3 is 14.9 Å². The topological polar surface area (TPSA) is 105 Å². The van der Waals surface area contributed by atoms with E-state index < -0.39 is 29.7 Å². The fourth-order valence-corrected chi connectivity index (χ4v) is 1.85. The van der Waals surface area contributed by atoms with Crippen molar-refractivity contribution in [2.24, 2.45) is 0 Å². The second-order valence-electron chi connectivity index (χ2n) is 4.09. The molecule has 1 fully saturated rings. The Morgan fingerprint density at radius 1 is 1.56 bits per heavy atom. The Hall–Kier alpha value is -1.15. The average Bonchev–Trinajstić information content (AvgIpc) is 2.65. The van der Waals surface area contributed by atoms with Crippen molar-refractivity contribution >= 4 is 12.4 Å². The van der Waals surface area contributed by atoms with E-state index in [0.717, 1.165) is 0 Å². The number of aliphatic hydroxyl groups excluding tert-OH is 2. The molecule has 0 amide bonds. The van der Waals surface area contributed by atoms with Crippen LogP contribution in [0, 0.1) is 6.92 Å². The van der Waals surface area contributed by atoms with Gasteiger partial charge in [-0.05, 0) is 6.92 Å². The van der Waals surface area contributed by atoms with E-state index in [9.17, 15) is 14.7 Å². The Bertz CT molecular complexity index is 526. The van der Waals surface area contributed by atoms with Gasteiger partial charge in [-0.2, -0.15) is 0 Å². The minimum absolute atomic E-state index is 0. The fourth-order valence-electron chi connectivity index (χ4n) is 1.85. The average molecular weight is 279 g/mol. The maximum absolute atomic E-state index is 11.6. The summed E-state index contributed by atoms with van der Waals surface area (Å²) in [6.45, 7) is 1.26. The summed E-state index contributed by atoms with van der Waals surface area (Å²) in [5.74, 6) is 0. The van der Waals surface area contributed by atoms with Gasteiger partial charge in [0.2, 0.25) is 0 Å². The zero-order valence-corrected chi connectivity index (χ0v) is 10.5. The van der Waals surface area contributed by atoms with Crippen LogP contribution in [0.25, 0.3) is 0 Å². The first-order chi connectivity index (χ1) is 8.02. The summed E-state index contributed by atoms with van der Waals surface area (Å²) in [5, 5.41) is 18.5. The number of aromatic amines is 1. The van der Waals surface area contributed by atoms with Gasteiger partial charge in [-0.25, -0.2) is 4.79 Å². The molecule has 2 rings (SSSR count). The molecule has 0 unspecified atom stereocenters. The Morgan fingerprint density at radius 2 is 2.22 bits per heavy atom. The third-order valence-corrected chi connectivity index (χ3v) is 2.84. The molecule has 0 bridgehead atoms. The third kappa shape index (κ3) is 2.64. The van der Waals surface area contributed by atoms with E-state index in [4.69, 9.17) is 9.84 Å². The molecule has 1 aliphatic rings. The number of nitrogens with one attached hydrogen (secondary N) is 1. The van der Waals surface area contributed by atoms with E-state index in [2.05, 4.69) is 4.98 Å². The largest absolute Gasteiger partial charge is 0.394 e. The van der Waals surface area contributed by atoms with E-state index >= 15 is 0 Å². The van der Waals surface area contributed by atoms with Gasteiger partial charge in [0.25, 0.3) is 5.56 Å². The molecule has 1 aliphatic heterocycles. The zero-order valence-electron chi connectivity index (χ0n) is 9.70. The lowest BCUT2D eigenvalue weighted by molar-refractivity contribution is -0.0459. The van der Waals surface area contributed by atoms with E-state index in [-0.39, 0.29) is 25.4 Å². The summed E-state index contributed by atoms with van der Waals surface area (Å²) in [4.78, 5) is 24.9. The molecule has 2 heterocycles. The zero-order chi connectivity index (χ0) is 12.6. The van der Waals surface area contributed by atoms with Gasteiger partial charge in [0.1, 0.15) is 12.3 Å². The van der Waals surface area contributed by atoms with Gasteiger partial charge in [0.05, 0.1) is 12.7 Å². The van der Waals surface area contributed by atoms with Gasteiger partial charge in [0.15, 0.2) is 0 Å². The van der Waals surface area contributed by atoms with Crippen molar-refractivity contribution in [3.8, 4) is 0 Å². The minimum Gasteiger partial charge on any atom is -0.394 e. The third-order valence-electron chi connectivity index (χ3n) is 2.84. The van der Waals surface area contributed by atoms with Crippen molar-refractivity contribution in [1.29, 1.82) is 0 Å². The van der Waals surface area contributed by atoms with Crippen LogP contribution in [0.3, 0.4) is 0 Å². The van der Waals surface area contributed by atoms with Crippen LogP contribution < -0.4 is 11.2 Å². The highest BCUT2D eigenvalue weighted by atomic mass is 35.5. The van der Waals surface area contributed by atoms with Gasteiger partial charge in [0, 0.05) is 18.2 Å². The molecule has 0 aliphatic carbocycles. The van der Waals surface area contributed by atoms with Crippen LogP contribution in [-0.2, 0) is 4.74 Å². The van der Waals surface area contributed by atoms with E-state index in [1.807, 2.05) is 0 Å². The highest BCUT2D eigenvalue weighted by Crippen LogP contribution is 2.27. The van der Waals surface area contributed by atoms with Crippen molar-refractivity contribution in [1.82, 2.24) is 9.55 Å². The molecule has 0 aromatic carbocycles. The summed E-state index contributed by atoms with van der Waals surface area (Å²) >= 11 is 0. The first-order valence-corrected chi connectivity index (χ1v) is 5.29. The Balaban J connectivity index is 0.00000162. The molecule has 0 saturated carbocycles. The summed E-state index contributed by atoms with van der Waals surface area (Å²) in [5.41, 5.74) is -0.643. The standard InChI is InChI=1S/C10H14N2O5.ClH/c1-5-3-12(10(16)11-9(5)15)8-2-6(14)7(4-13)17-8;/h3,6-8,13-14H,2,4H2,1H3,(H,11,15,16);1H/t6-,7+,8+;/m0./s1. The lowest BCUT2D eigenvalue weighted by atomic mass is 10.2. The number of aromatic nitrogens is 2. The van der Waals surface area contributed by atoms with Crippen LogP contribution >= 0.6 is 12.4 Å². The molecule has 1 aromatic heterocycles. The van der Waals surface area contributed by atoms with Crippen molar-refractivity contribution in [3.05, 3.63) is 32.6 Å². The number of H-pyrrole nitrogens is 1. The molecule has 7 nitrogen and oxygen atoms in total. The highest BCUT2D eigenvalue weighted by Gasteiger charge is 2.34. The Morgan fingerprint density at radius 3 is 2.78 bits per heavy atom. The van der Waals surface area contributed by atoms with Gasteiger partial charge in [-0.1, -0.05) is 0 Å². The molecular formula is C10H15ClN2O5. The predicted molar refractivity (Wildman–Crippen MR) is 64.9 cm³/mol. The lowest BCUT2D eigenvalue weighted by Crippen LogP contribution is -2.33. The van der Waals surface area contributed by atoms with Crippen LogP contribution in [0.15, 0.2) is 15.8 Å². The number of hydrogen-bond acceptors (Lipinski definition) is 5. The van der Waals surface area contributed by atoms with Crippen LogP contribution in [0.2, 0.25) is 0 Å². The molecule has 3 atom stereocenters. The van der Waals surface area contributed by atoms with E-state index in [1.165, 1.54) is 10.8 Å². The maximum Gasteiger partial charge on any atom is 0.330 e. The van der Waals surface area contributed by atoms with Crippen molar-refractivity contribution in [2.75, 3.05) is 6.61 Å². The normalized spacial score (nSPS) is 26.9. The molecule has 0 spiro atoms. The van der Waals surface area contributed by atoms with Gasteiger partial charge in [-0.15, -0.1) is 12.4 Å². The number of hydrogen-bond donors (Lipinski definition) is 3. The van der Waals surface area contributed by atoms with Gasteiger partial charge >= 0.3 is 5.69 Å². The molecule has 1 saturated heterocycles. The monoisotopic (exact) mass is 278 g/mol. The molecule has 8 heteroatoms. The summed E-state index contributed by atoms with van der Waals surface area (Å²) in [7, 11) is 0. The summed E-state index contributed by atoms with van der Waals surface area (Å²) in [6.07, 6.45) is -0.581. The molecule has 1 aromatic rings. The number of aryl methyl sites for hydroxylation is 1. The first kappa shape index (κ1) is 14.9. The summed E-state index contributed by atoms with van der Waals surface area (Å²) < 4.78 is 6.54. The van der Waals surface area contributed by atoms with Crippen molar-refractivity contribution in [2.45, 2.75) is 31.8 Å². The van der Waals surface area contributed by atoms with Crippen LogP contribution in [0.1, 0.15) is 18.2 Å². The van der Waals surface area contributed by atoms with Crippen LogP contribution in [0.4, 0.5) is 0 Å². The Kier molecular flexibility index (Phi) is 4.69. The molecule has 3 N–H and O–H groups in total. The van der Waals surface area contributed by atoms with Crippen LogP contribution in [0.5, 0.6) is 0 Å². The second-order valence-corrected chi connectivity index (χ2v) is 4.09. The molecule has 0 radical (unpaired) electrons. The van der Waals surface area contributed by atoms with Crippen molar-refractivity contribution < 1.29 is 14.9 Å². The molecule has 102 valence electrons. The molecule has 18 heavy (non-hydrogen) atoms. The smallest absolute Gasteiger partial charge is 0.330 e. The number of aliphatic hydroxyl groups is 2. The quantitative estimate of drug-likeness (QED) is 0.637.